The monoisotopic (exact) mass is 526 g/mol. The first-order valence-corrected chi connectivity index (χ1v) is 11.6. The molecule has 7 nitrogen and oxygen atoms in total. The highest BCUT2D eigenvalue weighted by molar-refractivity contribution is 6.00. The highest BCUT2D eigenvalue weighted by Crippen LogP contribution is 2.34. The van der Waals surface area contributed by atoms with Gasteiger partial charge < -0.3 is 19.6 Å². The molecule has 1 aromatic heterocycles. The Hall–Kier alpha value is -4.36. The van der Waals surface area contributed by atoms with Crippen molar-refractivity contribution in [3.8, 4) is 23.7 Å². The number of carbonyl (C=O) groups excluding carboxylic acids is 1. The van der Waals surface area contributed by atoms with Gasteiger partial charge >= 0.3 is 12.1 Å². The summed E-state index contributed by atoms with van der Waals surface area (Å²) in [6.45, 7) is 1.55. The number of nitrogens with zero attached hydrogens (tertiary/aromatic N) is 1. The molecule has 1 atom stereocenters. The number of carbonyl (C=O) groups is 2. The Morgan fingerprint density at radius 2 is 1.95 bits per heavy atom. The normalized spacial score (nSPS) is 12.6. The maximum Gasteiger partial charge on any atom is 0.416 e. The second kappa shape index (κ2) is 12.7. The van der Waals surface area contributed by atoms with Crippen LogP contribution in [0.15, 0.2) is 65.1 Å². The zero-order valence-electron chi connectivity index (χ0n) is 20.4. The van der Waals surface area contributed by atoms with E-state index in [1.807, 2.05) is 6.07 Å². The molecule has 2 aromatic carbocycles. The number of oxazole rings is 1. The number of allylic oxidation sites excluding steroid dienone is 2. The van der Waals surface area contributed by atoms with E-state index in [-0.39, 0.29) is 42.5 Å². The van der Waals surface area contributed by atoms with Crippen LogP contribution in [0.5, 0.6) is 0 Å². The standard InChI is InChI=1S/C28H25F3N2O5/c1-3-5-12-19(4-2)26-33-23(24(38-26)20-13-9-14-21(15-20)28(29,30)31)25(34)32-22(27(35)36)17-37-16-18-10-7-6-8-11-18/h1,6-15,22H,4-5,16-17H2,2H3,(H,32,34)(H,35,36)/b19-12+. The lowest BCUT2D eigenvalue weighted by Crippen LogP contribution is -2.44. The third-order valence-electron chi connectivity index (χ3n) is 5.42. The Morgan fingerprint density at radius 1 is 1.21 bits per heavy atom. The van der Waals surface area contributed by atoms with Gasteiger partial charge in [-0.2, -0.15) is 13.2 Å². The molecular formula is C28H25F3N2O5. The Morgan fingerprint density at radius 3 is 2.58 bits per heavy atom. The Labute approximate surface area is 217 Å². The zero-order valence-corrected chi connectivity index (χ0v) is 20.4. The molecule has 0 saturated heterocycles. The number of benzene rings is 2. The van der Waals surface area contributed by atoms with Gasteiger partial charge in [0, 0.05) is 17.6 Å². The molecule has 1 amide bonds. The fourth-order valence-electron chi connectivity index (χ4n) is 3.48. The maximum atomic E-state index is 13.3. The number of hydrogen-bond acceptors (Lipinski definition) is 5. The topological polar surface area (TPSA) is 102 Å². The number of halogens is 3. The number of carboxylic acids is 1. The minimum Gasteiger partial charge on any atom is -0.480 e. The number of hydrogen-bond donors (Lipinski definition) is 2. The van der Waals surface area contributed by atoms with Crippen LogP contribution in [0, 0.1) is 12.3 Å². The second-order valence-electron chi connectivity index (χ2n) is 8.13. The summed E-state index contributed by atoms with van der Waals surface area (Å²) in [4.78, 5) is 29.2. The van der Waals surface area contributed by atoms with Crippen molar-refractivity contribution < 1.29 is 37.0 Å². The van der Waals surface area contributed by atoms with E-state index >= 15 is 0 Å². The fraction of sp³-hybridized carbons (Fsp3) is 0.250. The molecule has 10 heteroatoms. The molecule has 1 unspecified atom stereocenters. The molecule has 3 aromatic rings. The van der Waals surface area contributed by atoms with Crippen LogP contribution >= 0.6 is 0 Å². The van der Waals surface area contributed by atoms with E-state index in [9.17, 15) is 27.9 Å². The zero-order chi connectivity index (χ0) is 27.7. The lowest BCUT2D eigenvalue weighted by molar-refractivity contribution is -0.141. The number of terminal acetylenes is 1. The van der Waals surface area contributed by atoms with E-state index in [4.69, 9.17) is 15.6 Å². The van der Waals surface area contributed by atoms with Gasteiger partial charge in [0.1, 0.15) is 0 Å². The maximum absolute atomic E-state index is 13.3. The third kappa shape index (κ3) is 7.33. The van der Waals surface area contributed by atoms with Crippen LogP contribution in [-0.4, -0.2) is 34.6 Å². The Balaban J connectivity index is 1.93. The van der Waals surface area contributed by atoms with Gasteiger partial charge in [-0.25, -0.2) is 9.78 Å². The molecule has 38 heavy (non-hydrogen) atoms. The first-order chi connectivity index (χ1) is 18.1. The molecule has 2 N–H and O–H groups in total. The summed E-state index contributed by atoms with van der Waals surface area (Å²) in [6.07, 6.45) is 2.99. The lowest BCUT2D eigenvalue weighted by atomic mass is 10.1. The van der Waals surface area contributed by atoms with Gasteiger partial charge in [-0.05, 0) is 24.1 Å². The summed E-state index contributed by atoms with van der Waals surface area (Å²) in [5.41, 5.74) is -0.0226. The largest absolute Gasteiger partial charge is 0.480 e. The predicted molar refractivity (Wildman–Crippen MR) is 134 cm³/mol. The summed E-state index contributed by atoms with van der Waals surface area (Å²) in [7, 11) is 0. The van der Waals surface area contributed by atoms with Gasteiger partial charge in [0.25, 0.3) is 5.91 Å². The number of aromatic nitrogens is 1. The van der Waals surface area contributed by atoms with Crippen molar-refractivity contribution in [2.24, 2.45) is 0 Å². The highest BCUT2D eigenvalue weighted by atomic mass is 19.4. The molecule has 0 bridgehead atoms. The van der Waals surface area contributed by atoms with Gasteiger partial charge in [-0.15, -0.1) is 12.3 Å². The fourth-order valence-corrected chi connectivity index (χ4v) is 3.48. The van der Waals surface area contributed by atoms with Crippen LogP contribution in [0.3, 0.4) is 0 Å². The van der Waals surface area contributed by atoms with E-state index in [0.717, 1.165) is 17.7 Å². The van der Waals surface area contributed by atoms with Gasteiger partial charge in [-0.3, -0.25) is 4.79 Å². The summed E-state index contributed by atoms with van der Waals surface area (Å²) in [6, 6.07) is 11.8. The third-order valence-corrected chi connectivity index (χ3v) is 5.42. The molecule has 0 aliphatic rings. The van der Waals surface area contributed by atoms with Crippen molar-refractivity contribution in [1.29, 1.82) is 0 Å². The summed E-state index contributed by atoms with van der Waals surface area (Å²) >= 11 is 0. The van der Waals surface area contributed by atoms with Crippen molar-refractivity contribution in [1.82, 2.24) is 10.3 Å². The molecule has 0 saturated carbocycles. The average Bonchev–Trinajstić information content (AvgIpc) is 3.34. The number of aliphatic carboxylic acids is 1. The number of nitrogens with one attached hydrogen (secondary N) is 1. The Kier molecular flexibility index (Phi) is 9.46. The molecule has 198 valence electrons. The quantitative estimate of drug-likeness (QED) is 0.317. The number of ether oxygens (including phenoxy) is 1. The van der Waals surface area contributed by atoms with Crippen LogP contribution in [0.1, 0.15) is 47.3 Å². The molecule has 1 heterocycles. The first-order valence-electron chi connectivity index (χ1n) is 11.6. The second-order valence-corrected chi connectivity index (χ2v) is 8.13. The molecule has 0 fully saturated rings. The molecule has 0 aliphatic carbocycles. The van der Waals surface area contributed by atoms with Gasteiger partial charge in [0.15, 0.2) is 17.5 Å². The van der Waals surface area contributed by atoms with E-state index in [0.29, 0.717) is 12.0 Å². The average molecular weight is 527 g/mol. The van der Waals surface area contributed by atoms with Crippen LogP contribution < -0.4 is 5.32 Å². The predicted octanol–water partition coefficient (Wildman–Crippen LogP) is 5.58. The Bertz CT molecular complexity index is 1340. The molecule has 0 radical (unpaired) electrons. The van der Waals surface area contributed by atoms with Crippen LogP contribution in [0.4, 0.5) is 13.2 Å². The number of amides is 1. The van der Waals surface area contributed by atoms with E-state index in [1.165, 1.54) is 12.1 Å². The van der Waals surface area contributed by atoms with Crippen molar-refractivity contribution >= 4 is 17.4 Å². The van der Waals surface area contributed by atoms with E-state index < -0.39 is 29.7 Å². The summed E-state index contributed by atoms with van der Waals surface area (Å²) in [5, 5.41) is 11.9. The molecular weight excluding hydrogens is 501 g/mol. The van der Waals surface area contributed by atoms with Crippen molar-refractivity contribution in [3.63, 3.8) is 0 Å². The molecule has 3 rings (SSSR count). The SMILES string of the molecule is C#CC/C=C(\CC)c1nc(C(=O)NC(COCc2ccccc2)C(=O)O)c(-c2cccc(C(F)(F)F)c2)o1. The minimum atomic E-state index is -4.63. The van der Waals surface area contributed by atoms with Gasteiger partial charge in [0.05, 0.1) is 18.8 Å². The summed E-state index contributed by atoms with van der Waals surface area (Å²) in [5.74, 6) is -0.113. The van der Waals surface area contributed by atoms with Crippen molar-refractivity contribution in [3.05, 3.63) is 83.4 Å². The summed E-state index contributed by atoms with van der Waals surface area (Å²) < 4.78 is 51.2. The smallest absolute Gasteiger partial charge is 0.416 e. The molecule has 0 spiro atoms. The van der Waals surface area contributed by atoms with Crippen molar-refractivity contribution in [2.45, 2.75) is 38.6 Å². The minimum absolute atomic E-state index is 0.00693. The van der Waals surface area contributed by atoms with Crippen molar-refractivity contribution in [2.75, 3.05) is 6.61 Å². The van der Waals surface area contributed by atoms with Gasteiger partial charge in [-0.1, -0.05) is 55.5 Å². The van der Waals surface area contributed by atoms with Crippen LogP contribution in [0.25, 0.3) is 16.9 Å². The highest BCUT2D eigenvalue weighted by Gasteiger charge is 2.32. The van der Waals surface area contributed by atoms with E-state index in [1.54, 1.807) is 37.3 Å². The van der Waals surface area contributed by atoms with Gasteiger partial charge in [0.2, 0.25) is 5.89 Å². The first kappa shape index (κ1) is 28.2. The number of rotatable bonds is 11. The number of alkyl halides is 3. The molecule has 0 aliphatic heterocycles. The van der Waals surface area contributed by atoms with E-state index in [2.05, 4.69) is 16.2 Å². The number of carboxylic acid groups (broad SMARTS) is 1. The van der Waals surface area contributed by atoms with Crippen LogP contribution in [0.2, 0.25) is 0 Å². The lowest BCUT2D eigenvalue weighted by Gasteiger charge is -2.14. The van der Waals surface area contributed by atoms with Crippen LogP contribution in [-0.2, 0) is 22.3 Å².